The number of nitrogens with zero attached hydrogens (tertiary/aromatic N) is 1. The highest BCUT2D eigenvalue weighted by Crippen LogP contribution is 2.31. The Morgan fingerprint density at radius 2 is 1.88 bits per heavy atom. The minimum absolute atomic E-state index is 0.0336. The van der Waals surface area contributed by atoms with E-state index in [1.54, 1.807) is 36.4 Å². The van der Waals surface area contributed by atoms with Crippen LogP contribution in [0.4, 0.5) is 0 Å². The van der Waals surface area contributed by atoms with Crippen molar-refractivity contribution >= 4 is 32.6 Å². The lowest BCUT2D eigenvalue weighted by atomic mass is 10.0. The summed E-state index contributed by atoms with van der Waals surface area (Å²) in [6.45, 7) is 0.506. The highest BCUT2D eigenvalue weighted by molar-refractivity contribution is 7.89. The predicted molar refractivity (Wildman–Crippen MR) is 119 cm³/mol. The monoisotopic (exact) mass is 453 g/mol. The molecule has 1 aliphatic heterocycles. The van der Waals surface area contributed by atoms with Crippen LogP contribution in [0.2, 0.25) is 0 Å². The summed E-state index contributed by atoms with van der Waals surface area (Å²) in [4.78, 5) is 27.4. The number of nitrogens with one attached hydrogen (secondary N) is 1. The number of fused-ring (bicyclic) bond motifs is 1. The van der Waals surface area contributed by atoms with E-state index in [1.807, 2.05) is 12.1 Å². The third-order valence-corrected chi connectivity index (χ3v) is 6.55. The molecule has 9 heteroatoms. The number of aromatic hydroxyl groups is 1. The second kappa shape index (κ2) is 8.60. The summed E-state index contributed by atoms with van der Waals surface area (Å²) in [7, 11) is -3.84. The van der Waals surface area contributed by atoms with Crippen molar-refractivity contribution in [1.29, 1.82) is 0 Å². The Hall–Kier alpha value is -3.43. The highest BCUT2D eigenvalue weighted by atomic mass is 32.2. The number of rotatable bonds is 5. The van der Waals surface area contributed by atoms with E-state index < -0.39 is 22.0 Å². The molecule has 8 nitrogen and oxygen atoms in total. The fourth-order valence-corrected chi connectivity index (χ4v) is 4.59. The van der Waals surface area contributed by atoms with Crippen LogP contribution in [0.3, 0.4) is 0 Å². The second-order valence-corrected chi connectivity index (χ2v) is 9.31. The van der Waals surface area contributed by atoms with Gasteiger partial charge in [-0.25, -0.2) is 13.6 Å². The molecule has 3 aromatic carbocycles. The lowest BCUT2D eigenvalue weighted by Gasteiger charge is -2.24. The van der Waals surface area contributed by atoms with E-state index in [2.05, 4.69) is 5.32 Å². The molecule has 0 spiro atoms. The van der Waals surface area contributed by atoms with Gasteiger partial charge in [0.2, 0.25) is 15.9 Å². The lowest BCUT2D eigenvalue weighted by molar-refractivity contribution is -0.125. The van der Waals surface area contributed by atoms with E-state index in [-0.39, 0.29) is 28.7 Å². The Kier molecular flexibility index (Phi) is 5.86. The van der Waals surface area contributed by atoms with Gasteiger partial charge in [0.25, 0.3) is 5.91 Å². The first-order valence-electron chi connectivity index (χ1n) is 10.2. The first-order valence-corrected chi connectivity index (χ1v) is 11.7. The number of phenols is 1. The molecule has 0 radical (unpaired) electrons. The van der Waals surface area contributed by atoms with E-state index in [0.29, 0.717) is 30.3 Å². The van der Waals surface area contributed by atoms with Crippen LogP contribution in [0.1, 0.15) is 28.8 Å². The Morgan fingerprint density at radius 1 is 1.09 bits per heavy atom. The van der Waals surface area contributed by atoms with Crippen molar-refractivity contribution in [3.05, 3.63) is 71.8 Å². The number of amides is 2. The molecule has 1 fully saturated rings. The Balaban J connectivity index is 1.49. The first kappa shape index (κ1) is 21.8. The summed E-state index contributed by atoms with van der Waals surface area (Å²) in [5.41, 5.74) is 0.733. The average Bonchev–Trinajstić information content (AvgIpc) is 3.27. The minimum atomic E-state index is -3.84. The molecule has 4 rings (SSSR count). The van der Waals surface area contributed by atoms with E-state index in [0.717, 1.165) is 5.39 Å². The van der Waals surface area contributed by atoms with Gasteiger partial charge < -0.3 is 15.3 Å². The maximum absolute atomic E-state index is 13.2. The van der Waals surface area contributed by atoms with Gasteiger partial charge in [-0.1, -0.05) is 42.5 Å². The van der Waals surface area contributed by atoms with Crippen molar-refractivity contribution in [2.24, 2.45) is 5.14 Å². The van der Waals surface area contributed by atoms with Gasteiger partial charge in [0.05, 0.1) is 10.5 Å². The van der Waals surface area contributed by atoms with Gasteiger partial charge in [-0.15, -0.1) is 0 Å². The first-order chi connectivity index (χ1) is 15.3. The fraction of sp³-hybridized carbons (Fsp3) is 0.217. The van der Waals surface area contributed by atoms with Crippen molar-refractivity contribution in [2.45, 2.75) is 30.3 Å². The van der Waals surface area contributed by atoms with Gasteiger partial charge in [-0.05, 0) is 42.0 Å². The molecule has 1 aliphatic rings. The average molecular weight is 454 g/mol. The molecule has 1 saturated heterocycles. The molecule has 32 heavy (non-hydrogen) atoms. The zero-order valence-corrected chi connectivity index (χ0v) is 18.0. The number of hydrogen-bond donors (Lipinski definition) is 3. The van der Waals surface area contributed by atoms with Crippen LogP contribution in [-0.4, -0.2) is 42.8 Å². The Morgan fingerprint density at radius 3 is 2.66 bits per heavy atom. The van der Waals surface area contributed by atoms with Crippen molar-refractivity contribution in [3.8, 4) is 5.75 Å². The number of phenolic OH excluding ortho intramolecular Hbond substituents is 1. The summed E-state index contributed by atoms with van der Waals surface area (Å²) < 4.78 is 23.0. The highest BCUT2D eigenvalue weighted by Gasteiger charge is 2.35. The summed E-state index contributed by atoms with van der Waals surface area (Å²) in [5, 5.41) is 20.0. The molecule has 0 aromatic heterocycles. The lowest BCUT2D eigenvalue weighted by Crippen LogP contribution is -2.45. The minimum Gasteiger partial charge on any atom is -0.506 e. The standard InChI is InChI=1S/C23H23N3O5S/c24-32(30,31)17-7-3-5-15(13-17)14-25-22(28)20-9-4-12-26(20)23(29)19-11-10-16-6-1-2-8-18(16)21(19)27/h1-3,5-8,10-11,13,20,27H,4,9,12,14H2,(H,25,28)(H2,24,30,31). The molecular formula is C23H23N3O5S. The fourth-order valence-electron chi connectivity index (χ4n) is 4.00. The van der Waals surface area contributed by atoms with Crippen molar-refractivity contribution in [3.63, 3.8) is 0 Å². The van der Waals surface area contributed by atoms with E-state index in [9.17, 15) is 23.1 Å². The molecule has 0 aliphatic carbocycles. The Labute approximate surface area is 185 Å². The largest absolute Gasteiger partial charge is 0.506 e. The third kappa shape index (κ3) is 4.30. The number of sulfonamides is 1. The molecule has 0 saturated carbocycles. The summed E-state index contributed by atoms with van der Waals surface area (Å²) in [5.74, 6) is -0.835. The molecule has 2 amide bonds. The number of hydrogen-bond acceptors (Lipinski definition) is 5. The van der Waals surface area contributed by atoms with Gasteiger partial charge in [0.1, 0.15) is 11.8 Å². The number of likely N-dealkylation sites (tertiary alicyclic amines) is 1. The van der Waals surface area contributed by atoms with Crippen LogP contribution in [0.15, 0.2) is 65.6 Å². The predicted octanol–water partition coefficient (Wildman–Crippen LogP) is 2.11. The normalized spacial score (nSPS) is 16.3. The molecule has 166 valence electrons. The number of primary sulfonamides is 1. The van der Waals surface area contributed by atoms with E-state index >= 15 is 0 Å². The van der Waals surface area contributed by atoms with Gasteiger partial charge in [-0.2, -0.15) is 0 Å². The van der Waals surface area contributed by atoms with Gasteiger partial charge >= 0.3 is 0 Å². The number of carbonyl (C=O) groups is 2. The SMILES string of the molecule is NS(=O)(=O)c1cccc(CNC(=O)C2CCCN2C(=O)c2ccc3ccccc3c2O)c1. The van der Waals surface area contributed by atoms with Crippen LogP contribution >= 0.6 is 0 Å². The van der Waals surface area contributed by atoms with Gasteiger partial charge in [0, 0.05) is 18.5 Å². The van der Waals surface area contributed by atoms with Crippen LogP contribution in [0, 0.1) is 0 Å². The molecule has 3 aromatic rings. The third-order valence-electron chi connectivity index (χ3n) is 5.64. The Bertz CT molecular complexity index is 1310. The van der Waals surface area contributed by atoms with E-state index in [1.165, 1.54) is 17.0 Å². The zero-order chi connectivity index (χ0) is 22.9. The molecule has 1 unspecified atom stereocenters. The van der Waals surface area contributed by atoms with Gasteiger partial charge in [0.15, 0.2) is 0 Å². The maximum atomic E-state index is 13.2. The van der Waals surface area contributed by atoms with Crippen molar-refractivity contribution in [1.82, 2.24) is 10.2 Å². The van der Waals surface area contributed by atoms with Crippen LogP contribution in [-0.2, 0) is 21.4 Å². The van der Waals surface area contributed by atoms with Crippen LogP contribution in [0.5, 0.6) is 5.75 Å². The number of nitrogens with two attached hydrogens (primary N) is 1. The summed E-state index contributed by atoms with van der Waals surface area (Å²) in [6.07, 6.45) is 1.17. The smallest absolute Gasteiger partial charge is 0.258 e. The number of benzene rings is 3. The summed E-state index contributed by atoms with van der Waals surface area (Å²) in [6, 6.07) is 15.9. The maximum Gasteiger partial charge on any atom is 0.258 e. The van der Waals surface area contributed by atoms with Gasteiger partial charge in [-0.3, -0.25) is 9.59 Å². The quantitative estimate of drug-likeness (QED) is 0.545. The molecule has 1 atom stereocenters. The van der Waals surface area contributed by atoms with Crippen LogP contribution in [0.25, 0.3) is 10.8 Å². The second-order valence-electron chi connectivity index (χ2n) is 7.75. The van der Waals surface area contributed by atoms with Crippen molar-refractivity contribution in [2.75, 3.05) is 6.54 Å². The topological polar surface area (TPSA) is 130 Å². The zero-order valence-electron chi connectivity index (χ0n) is 17.2. The number of carbonyl (C=O) groups excluding carboxylic acids is 2. The molecule has 4 N–H and O–H groups in total. The molecular weight excluding hydrogens is 430 g/mol. The van der Waals surface area contributed by atoms with Crippen molar-refractivity contribution < 1.29 is 23.1 Å². The molecule has 1 heterocycles. The molecule has 0 bridgehead atoms. The van der Waals surface area contributed by atoms with Crippen LogP contribution < -0.4 is 10.5 Å². The van der Waals surface area contributed by atoms with E-state index in [4.69, 9.17) is 5.14 Å². The summed E-state index contributed by atoms with van der Waals surface area (Å²) >= 11 is 0.